The molecule has 5 atom stereocenters. The largest absolute Gasteiger partial charge is 0.393 e. The van der Waals surface area contributed by atoms with Gasteiger partial charge in [-0.2, -0.15) is 0 Å². The maximum atomic E-state index is 10.6. The minimum atomic E-state index is 0.0561. The number of aliphatic hydroxyl groups excluding tert-OH is 1. The van der Waals surface area contributed by atoms with E-state index in [4.69, 9.17) is 0 Å². The van der Waals surface area contributed by atoms with Crippen LogP contribution in [0.2, 0.25) is 0 Å². The van der Waals surface area contributed by atoms with Crippen LogP contribution in [0.3, 0.4) is 0 Å². The summed E-state index contributed by atoms with van der Waals surface area (Å²) < 4.78 is 0. The van der Waals surface area contributed by atoms with E-state index in [1.807, 2.05) is 0 Å². The van der Waals surface area contributed by atoms with Gasteiger partial charge in [0.15, 0.2) is 0 Å². The Bertz CT molecular complexity index is 240. The minimum Gasteiger partial charge on any atom is -0.393 e. The molecule has 0 spiro atoms. The van der Waals surface area contributed by atoms with Gasteiger partial charge in [0.25, 0.3) is 0 Å². The molecule has 0 radical (unpaired) electrons. The van der Waals surface area contributed by atoms with Crippen molar-refractivity contribution in [1.82, 2.24) is 0 Å². The fourth-order valence-electron chi connectivity index (χ4n) is 4.86. The third kappa shape index (κ3) is 1.72. The van der Waals surface area contributed by atoms with Gasteiger partial charge in [-0.3, -0.25) is 0 Å². The molecular formula is C15H26O. The van der Waals surface area contributed by atoms with Crippen molar-refractivity contribution in [2.24, 2.45) is 29.6 Å². The molecule has 3 aliphatic rings. The van der Waals surface area contributed by atoms with Crippen LogP contribution >= 0.6 is 0 Å². The van der Waals surface area contributed by atoms with Gasteiger partial charge in [-0.1, -0.05) is 39.0 Å². The monoisotopic (exact) mass is 222 g/mol. The normalized spacial score (nSPS) is 48.8. The van der Waals surface area contributed by atoms with Gasteiger partial charge in [-0.25, -0.2) is 0 Å². The molecule has 1 heteroatoms. The van der Waals surface area contributed by atoms with Crippen molar-refractivity contribution in [1.29, 1.82) is 0 Å². The van der Waals surface area contributed by atoms with Gasteiger partial charge < -0.3 is 5.11 Å². The predicted octanol–water partition coefficient (Wildman–Crippen LogP) is 3.61. The third-order valence-corrected chi connectivity index (χ3v) is 5.80. The maximum absolute atomic E-state index is 10.6. The van der Waals surface area contributed by atoms with Crippen molar-refractivity contribution < 1.29 is 5.11 Å². The van der Waals surface area contributed by atoms with E-state index in [9.17, 15) is 5.11 Å². The molecule has 0 heterocycles. The van der Waals surface area contributed by atoms with Crippen molar-refractivity contribution in [3.05, 3.63) is 0 Å². The van der Waals surface area contributed by atoms with Crippen LogP contribution in [0, 0.1) is 29.6 Å². The van der Waals surface area contributed by atoms with Gasteiger partial charge >= 0.3 is 0 Å². The van der Waals surface area contributed by atoms with E-state index in [0.29, 0.717) is 11.8 Å². The van der Waals surface area contributed by atoms with Crippen molar-refractivity contribution in [2.75, 3.05) is 0 Å². The molecule has 1 N–H and O–H groups in total. The highest BCUT2D eigenvalue weighted by atomic mass is 16.3. The predicted molar refractivity (Wildman–Crippen MR) is 66.1 cm³/mol. The third-order valence-electron chi connectivity index (χ3n) is 5.80. The Morgan fingerprint density at radius 1 is 1.00 bits per heavy atom. The molecule has 0 bridgehead atoms. The average Bonchev–Trinajstić information content (AvgIpc) is 2.81. The fourth-order valence-corrected chi connectivity index (χ4v) is 4.86. The SMILES string of the molecule is CCC1CCCCC1C(O)C1C2CCCC21. The van der Waals surface area contributed by atoms with Gasteiger partial charge in [-0.15, -0.1) is 0 Å². The molecule has 0 amide bonds. The molecule has 0 aromatic heterocycles. The average molecular weight is 222 g/mol. The summed E-state index contributed by atoms with van der Waals surface area (Å²) in [7, 11) is 0. The molecule has 3 saturated carbocycles. The number of fused-ring (bicyclic) bond motifs is 1. The number of rotatable bonds is 3. The van der Waals surface area contributed by atoms with E-state index in [-0.39, 0.29) is 6.10 Å². The fraction of sp³-hybridized carbons (Fsp3) is 1.00. The summed E-state index contributed by atoms with van der Waals surface area (Å²) in [5.74, 6) is 4.04. The Labute approximate surface area is 99.6 Å². The Morgan fingerprint density at radius 3 is 2.38 bits per heavy atom. The van der Waals surface area contributed by atoms with Gasteiger partial charge in [0.05, 0.1) is 6.10 Å². The highest BCUT2D eigenvalue weighted by Crippen LogP contribution is 2.61. The number of aliphatic hydroxyl groups is 1. The summed E-state index contributed by atoms with van der Waals surface area (Å²) in [4.78, 5) is 0. The van der Waals surface area contributed by atoms with Crippen molar-refractivity contribution in [3.63, 3.8) is 0 Å². The minimum absolute atomic E-state index is 0.0561. The van der Waals surface area contributed by atoms with E-state index in [2.05, 4.69) is 6.92 Å². The van der Waals surface area contributed by atoms with Crippen LogP contribution in [0.5, 0.6) is 0 Å². The standard InChI is InChI=1S/C15H26O/c1-2-10-6-3-4-7-11(10)15(16)14-12-8-5-9-13(12)14/h10-16H,2-9H2,1H3. The summed E-state index contributed by atoms with van der Waals surface area (Å²) in [6.45, 7) is 2.31. The molecule has 5 unspecified atom stereocenters. The lowest BCUT2D eigenvalue weighted by Crippen LogP contribution is -2.33. The van der Waals surface area contributed by atoms with Crippen LogP contribution in [0.25, 0.3) is 0 Å². The molecule has 92 valence electrons. The van der Waals surface area contributed by atoms with E-state index in [0.717, 1.165) is 17.8 Å². The molecule has 1 nitrogen and oxygen atoms in total. The summed E-state index contributed by atoms with van der Waals surface area (Å²) in [6, 6.07) is 0. The molecule has 0 aliphatic heterocycles. The second kappa shape index (κ2) is 4.33. The zero-order valence-corrected chi connectivity index (χ0v) is 10.6. The maximum Gasteiger partial charge on any atom is 0.0604 e. The second-order valence-electron chi connectivity index (χ2n) is 6.44. The van der Waals surface area contributed by atoms with Crippen LogP contribution in [0.1, 0.15) is 58.3 Å². The van der Waals surface area contributed by atoms with Crippen molar-refractivity contribution >= 4 is 0 Å². The van der Waals surface area contributed by atoms with E-state index in [1.54, 1.807) is 0 Å². The highest BCUT2D eigenvalue weighted by molar-refractivity contribution is 5.06. The van der Waals surface area contributed by atoms with E-state index < -0.39 is 0 Å². The molecule has 3 fully saturated rings. The lowest BCUT2D eigenvalue weighted by Gasteiger charge is -2.35. The van der Waals surface area contributed by atoms with Crippen LogP contribution < -0.4 is 0 Å². The zero-order chi connectivity index (χ0) is 11.1. The van der Waals surface area contributed by atoms with Gasteiger partial charge in [0.1, 0.15) is 0 Å². The molecule has 3 rings (SSSR count). The molecular weight excluding hydrogens is 196 g/mol. The Kier molecular flexibility index (Phi) is 2.99. The molecule has 3 aliphatic carbocycles. The topological polar surface area (TPSA) is 20.2 Å². The summed E-state index contributed by atoms with van der Waals surface area (Å²) in [5, 5.41) is 10.6. The lowest BCUT2D eigenvalue weighted by molar-refractivity contribution is 0.0215. The quantitative estimate of drug-likeness (QED) is 0.773. The Morgan fingerprint density at radius 2 is 1.69 bits per heavy atom. The van der Waals surface area contributed by atoms with Gasteiger partial charge in [-0.05, 0) is 48.9 Å². The van der Waals surface area contributed by atoms with Crippen LogP contribution in [0.4, 0.5) is 0 Å². The first-order valence-electron chi connectivity index (χ1n) is 7.51. The number of hydrogen-bond donors (Lipinski definition) is 1. The summed E-state index contributed by atoms with van der Waals surface area (Å²) in [6.07, 6.45) is 11.0. The van der Waals surface area contributed by atoms with Crippen LogP contribution in [-0.2, 0) is 0 Å². The summed E-state index contributed by atoms with van der Waals surface area (Å²) >= 11 is 0. The first-order valence-corrected chi connectivity index (χ1v) is 7.51. The molecule has 0 aromatic carbocycles. The number of hydrogen-bond acceptors (Lipinski definition) is 1. The van der Waals surface area contributed by atoms with Crippen molar-refractivity contribution in [2.45, 2.75) is 64.4 Å². The molecule has 0 aromatic rings. The first kappa shape index (κ1) is 11.1. The zero-order valence-electron chi connectivity index (χ0n) is 10.6. The summed E-state index contributed by atoms with van der Waals surface area (Å²) in [5.41, 5.74) is 0. The lowest BCUT2D eigenvalue weighted by atomic mass is 9.73. The Hall–Kier alpha value is -0.0400. The van der Waals surface area contributed by atoms with Crippen molar-refractivity contribution in [3.8, 4) is 0 Å². The van der Waals surface area contributed by atoms with Gasteiger partial charge in [0, 0.05) is 0 Å². The molecule has 16 heavy (non-hydrogen) atoms. The Balaban J connectivity index is 1.62. The first-order chi connectivity index (χ1) is 7.83. The van der Waals surface area contributed by atoms with E-state index >= 15 is 0 Å². The smallest absolute Gasteiger partial charge is 0.0604 e. The van der Waals surface area contributed by atoms with Crippen LogP contribution in [0.15, 0.2) is 0 Å². The second-order valence-corrected chi connectivity index (χ2v) is 6.44. The van der Waals surface area contributed by atoms with Crippen LogP contribution in [-0.4, -0.2) is 11.2 Å². The van der Waals surface area contributed by atoms with E-state index in [1.165, 1.54) is 51.4 Å². The highest BCUT2D eigenvalue weighted by Gasteiger charge is 2.57. The molecule has 0 saturated heterocycles. The van der Waals surface area contributed by atoms with Gasteiger partial charge in [0.2, 0.25) is 0 Å².